The van der Waals surface area contributed by atoms with E-state index in [2.05, 4.69) is 0 Å². The molecule has 12 heavy (non-hydrogen) atoms. The first-order valence-electron chi connectivity index (χ1n) is 4.18. The van der Waals surface area contributed by atoms with E-state index in [1.54, 1.807) is 0 Å². The molecule has 4 heteroatoms. The monoisotopic (exact) mass is 173 g/mol. The van der Waals surface area contributed by atoms with Crippen molar-refractivity contribution in [1.29, 1.82) is 0 Å². The molecule has 0 aliphatic heterocycles. The molecule has 2 saturated carbocycles. The van der Waals surface area contributed by atoms with E-state index in [-0.39, 0.29) is 17.4 Å². The highest BCUT2D eigenvalue weighted by atomic mass is 16.4. The van der Waals surface area contributed by atoms with Crippen LogP contribution in [0.1, 0.15) is 19.3 Å². The Morgan fingerprint density at radius 1 is 1.33 bits per heavy atom. The topological polar surface area (TPSA) is 94.8 Å². The summed E-state index contributed by atoms with van der Waals surface area (Å²) in [5.41, 5.74) is 5.78. The molecule has 0 spiro atoms. The first-order chi connectivity index (χ1) is 5.20. The summed E-state index contributed by atoms with van der Waals surface area (Å²) in [5.74, 6) is -0.0490. The molecule has 0 aromatic heterocycles. The summed E-state index contributed by atoms with van der Waals surface area (Å²) in [6.07, 6.45) is 3.28. The van der Waals surface area contributed by atoms with Gasteiger partial charge in [0.2, 0.25) is 0 Å². The van der Waals surface area contributed by atoms with E-state index in [0.29, 0.717) is 11.8 Å². The zero-order valence-corrected chi connectivity index (χ0v) is 6.86. The van der Waals surface area contributed by atoms with Gasteiger partial charge in [0.1, 0.15) is 0 Å². The van der Waals surface area contributed by atoms with Crippen molar-refractivity contribution in [1.82, 2.24) is 0 Å². The number of fused-ring (bicyclic) bond motifs is 2. The number of aliphatic carboxylic acids is 1. The zero-order valence-electron chi connectivity index (χ0n) is 6.86. The van der Waals surface area contributed by atoms with E-state index in [1.165, 1.54) is 0 Å². The van der Waals surface area contributed by atoms with E-state index < -0.39 is 5.97 Å². The van der Waals surface area contributed by atoms with Crippen LogP contribution in [-0.4, -0.2) is 22.6 Å². The minimum atomic E-state index is -0.690. The van der Waals surface area contributed by atoms with Crippen LogP contribution in [0.25, 0.3) is 0 Å². The first-order valence-corrected chi connectivity index (χ1v) is 4.18. The molecule has 2 aliphatic carbocycles. The Bertz CT molecular complexity index is 193. The largest absolute Gasteiger partial charge is 0.481 e. The second kappa shape index (κ2) is 3.03. The van der Waals surface area contributed by atoms with Gasteiger partial charge in [-0.05, 0) is 31.1 Å². The third-order valence-electron chi connectivity index (χ3n) is 3.27. The average Bonchev–Trinajstić information content (AvgIpc) is 2.44. The molecule has 5 N–H and O–H groups in total. The molecule has 70 valence electrons. The Kier molecular flexibility index (Phi) is 2.39. The fraction of sp³-hybridized carbons (Fsp3) is 0.875. The highest BCUT2D eigenvalue weighted by Gasteiger charge is 2.49. The summed E-state index contributed by atoms with van der Waals surface area (Å²) in [4.78, 5) is 10.7. The van der Waals surface area contributed by atoms with Gasteiger partial charge in [-0.15, -0.1) is 0 Å². The highest BCUT2D eigenvalue weighted by molar-refractivity contribution is 5.72. The number of carbonyl (C=O) groups is 1. The molecule has 0 heterocycles. The Morgan fingerprint density at radius 3 is 2.25 bits per heavy atom. The van der Waals surface area contributed by atoms with Crippen molar-refractivity contribution in [2.75, 3.05) is 0 Å². The van der Waals surface area contributed by atoms with Crippen LogP contribution in [0.2, 0.25) is 0 Å². The highest BCUT2D eigenvalue weighted by Crippen LogP contribution is 2.47. The van der Waals surface area contributed by atoms with Crippen molar-refractivity contribution in [3.63, 3.8) is 0 Å². The molecule has 0 aromatic rings. The molecule has 0 saturated heterocycles. The molecule has 0 amide bonds. The summed E-state index contributed by atoms with van der Waals surface area (Å²) in [6.45, 7) is 0. The third kappa shape index (κ3) is 1.11. The number of rotatable bonds is 1. The molecule has 2 unspecified atom stereocenters. The molecule has 4 atom stereocenters. The Morgan fingerprint density at radius 2 is 1.92 bits per heavy atom. The van der Waals surface area contributed by atoms with E-state index in [1.807, 2.05) is 0 Å². The van der Waals surface area contributed by atoms with Gasteiger partial charge in [-0.3, -0.25) is 4.79 Å². The van der Waals surface area contributed by atoms with Crippen molar-refractivity contribution >= 4 is 5.97 Å². The lowest BCUT2D eigenvalue weighted by Crippen LogP contribution is -2.40. The Hall–Kier alpha value is -0.610. The number of hydrogen-bond acceptors (Lipinski definition) is 2. The molecule has 2 bridgehead atoms. The van der Waals surface area contributed by atoms with Crippen molar-refractivity contribution in [3.8, 4) is 0 Å². The summed E-state index contributed by atoms with van der Waals surface area (Å²) >= 11 is 0. The molecule has 2 fully saturated rings. The van der Waals surface area contributed by atoms with Gasteiger partial charge in [0, 0.05) is 6.04 Å². The lowest BCUT2D eigenvalue weighted by molar-refractivity contribution is -0.144. The smallest absolute Gasteiger partial charge is 0.308 e. The van der Waals surface area contributed by atoms with Crippen LogP contribution < -0.4 is 5.73 Å². The van der Waals surface area contributed by atoms with Crippen LogP contribution in [-0.2, 0) is 4.79 Å². The quantitative estimate of drug-likeness (QED) is 0.565. The van der Waals surface area contributed by atoms with E-state index in [4.69, 9.17) is 10.8 Å². The van der Waals surface area contributed by atoms with Crippen molar-refractivity contribution in [3.05, 3.63) is 0 Å². The second-order valence-corrected chi connectivity index (χ2v) is 3.77. The minimum Gasteiger partial charge on any atom is -0.481 e. The van der Waals surface area contributed by atoms with E-state index in [0.717, 1.165) is 19.3 Å². The number of nitrogens with two attached hydrogens (primary N) is 1. The summed E-state index contributed by atoms with van der Waals surface area (Å²) in [5, 5.41) is 8.83. The lowest BCUT2D eigenvalue weighted by atomic mass is 9.85. The lowest BCUT2D eigenvalue weighted by Gasteiger charge is -2.23. The van der Waals surface area contributed by atoms with Crippen molar-refractivity contribution < 1.29 is 15.4 Å². The Labute approximate surface area is 71.1 Å². The van der Waals surface area contributed by atoms with Crippen molar-refractivity contribution in [2.24, 2.45) is 23.5 Å². The average molecular weight is 173 g/mol. The predicted octanol–water partition coefficient (Wildman–Crippen LogP) is -0.380. The fourth-order valence-corrected chi connectivity index (χ4v) is 2.70. The minimum absolute atomic E-state index is 0. The van der Waals surface area contributed by atoms with E-state index in [9.17, 15) is 4.79 Å². The van der Waals surface area contributed by atoms with Crippen LogP contribution >= 0.6 is 0 Å². The molecular weight excluding hydrogens is 158 g/mol. The van der Waals surface area contributed by atoms with E-state index >= 15 is 0 Å². The normalized spacial score (nSPS) is 44.1. The molecule has 0 aromatic carbocycles. The zero-order chi connectivity index (χ0) is 8.01. The Balaban J connectivity index is 0.000000720. The van der Waals surface area contributed by atoms with Crippen LogP contribution in [0.4, 0.5) is 0 Å². The molecule has 4 nitrogen and oxygen atoms in total. The van der Waals surface area contributed by atoms with Crippen LogP contribution in [0, 0.1) is 17.8 Å². The van der Waals surface area contributed by atoms with Gasteiger partial charge in [-0.1, -0.05) is 0 Å². The number of hydrogen-bond donors (Lipinski definition) is 2. The van der Waals surface area contributed by atoms with Gasteiger partial charge < -0.3 is 16.3 Å². The van der Waals surface area contributed by atoms with Gasteiger partial charge in [0.05, 0.1) is 5.92 Å². The van der Waals surface area contributed by atoms with Crippen LogP contribution in [0.15, 0.2) is 0 Å². The van der Waals surface area contributed by atoms with Gasteiger partial charge in [-0.25, -0.2) is 0 Å². The summed E-state index contributed by atoms with van der Waals surface area (Å²) < 4.78 is 0. The molecular formula is C8H15NO3. The summed E-state index contributed by atoms with van der Waals surface area (Å²) in [7, 11) is 0. The van der Waals surface area contributed by atoms with Crippen molar-refractivity contribution in [2.45, 2.75) is 25.3 Å². The second-order valence-electron chi connectivity index (χ2n) is 3.77. The summed E-state index contributed by atoms with van der Waals surface area (Å²) in [6, 6.07) is -0.0637. The maximum Gasteiger partial charge on any atom is 0.308 e. The van der Waals surface area contributed by atoms with Gasteiger partial charge in [0.15, 0.2) is 0 Å². The van der Waals surface area contributed by atoms with Gasteiger partial charge in [-0.2, -0.15) is 0 Å². The SMILES string of the molecule is N[C@@H]1C2CCC(C2)[C@@H]1C(=O)O.O. The van der Waals surface area contributed by atoms with Crippen LogP contribution in [0.5, 0.6) is 0 Å². The standard InChI is InChI=1S/C8H13NO2.H2O/c9-7-5-2-1-4(3-5)6(7)8(10)11;/h4-7H,1-3,9H2,(H,10,11);1H2/t4?,5?,6-,7+;/m0./s1. The molecule has 0 radical (unpaired) electrons. The first kappa shape index (κ1) is 9.48. The number of carboxylic acid groups (broad SMARTS) is 1. The van der Waals surface area contributed by atoms with Crippen LogP contribution in [0.3, 0.4) is 0 Å². The maximum atomic E-state index is 10.7. The third-order valence-corrected chi connectivity index (χ3v) is 3.27. The molecule has 2 aliphatic rings. The fourth-order valence-electron chi connectivity index (χ4n) is 2.70. The maximum absolute atomic E-state index is 10.7. The van der Waals surface area contributed by atoms with Gasteiger partial charge in [0.25, 0.3) is 0 Å². The van der Waals surface area contributed by atoms with Gasteiger partial charge >= 0.3 is 5.97 Å². The predicted molar refractivity (Wildman–Crippen MR) is 43.5 cm³/mol. The number of carboxylic acids is 1. The molecule has 2 rings (SSSR count).